The number of nitrogens with one attached hydrogen (secondary N) is 1. The van der Waals surface area contributed by atoms with Crippen LogP contribution in [0, 0.1) is 0 Å². The molecule has 0 spiro atoms. The Morgan fingerprint density at radius 2 is 2.00 bits per heavy atom. The van der Waals surface area contributed by atoms with E-state index in [0.29, 0.717) is 19.5 Å². The first-order valence-corrected chi connectivity index (χ1v) is 6.27. The van der Waals surface area contributed by atoms with Crippen LogP contribution in [0.5, 0.6) is 0 Å². The standard InChI is InChI=1S/C12H23N3O3/c1-5-9(10(16)17)13-11(18)15-7-6-14(4)12(2,3)8-15/h9H,5-8H2,1-4H3,(H,13,18)(H,16,17). The Bertz CT molecular complexity index is 331. The van der Waals surface area contributed by atoms with E-state index in [1.165, 1.54) is 0 Å². The third-order valence-corrected chi connectivity index (χ3v) is 3.61. The molecule has 6 heteroatoms. The van der Waals surface area contributed by atoms with E-state index in [9.17, 15) is 9.59 Å². The average molecular weight is 257 g/mol. The van der Waals surface area contributed by atoms with Crippen LogP contribution in [-0.2, 0) is 4.79 Å². The number of carbonyl (C=O) groups is 2. The van der Waals surface area contributed by atoms with Gasteiger partial charge in [0.25, 0.3) is 0 Å². The summed E-state index contributed by atoms with van der Waals surface area (Å²) < 4.78 is 0. The van der Waals surface area contributed by atoms with E-state index in [-0.39, 0.29) is 11.6 Å². The van der Waals surface area contributed by atoms with Crippen molar-refractivity contribution in [3.8, 4) is 0 Å². The van der Waals surface area contributed by atoms with Crippen molar-refractivity contribution in [2.45, 2.75) is 38.8 Å². The fourth-order valence-electron chi connectivity index (χ4n) is 1.99. The molecule has 1 saturated heterocycles. The van der Waals surface area contributed by atoms with Crippen LogP contribution in [0.2, 0.25) is 0 Å². The maximum Gasteiger partial charge on any atom is 0.326 e. The molecule has 0 aromatic rings. The first-order chi connectivity index (χ1) is 8.27. The predicted octanol–water partition coefficient (Wildman–Crippen LogP) is 0.585. The Morgan fingerprint density at radius 3 is 2.44 bits per heavy atom. The highest BCUT2D eigenvalue weighted by Gasteiger charge is 2.34. The maximum atomic E-state index is 12.0. The average Bonchev–Trinajstić information content (AvgIpc) is 2.28. The van der Waals surface area contributed by atoms with Crippen LogP contribution in [0.3, 0.4) is 0 Å². The Kier molecular flexibility index (Phi) is 4.56. The van der Waals surface area contributed by atoms with Gasteiger partial charge in [0.1, 0.15) is 6.04 Å². The van der Waals surface area contributed by atoms with E-state index < -0.39 is 12.0 Å². The van der Waals surface area contributed by atoms with Crippen molar-refractivity contribution in [3.05, 3.63) is 0 Å². The zero-order chi connectivity index (χ0) is 13.9. The van der Waals surface area contributed by atoms with Crippen molar-refractivity contribution in [2.75, 3.05) is 26.7 Å². The Labute approximate surface area is 108 Å². The number of carboxylic acids is 1. The lowest BCUT2D eigenvalue weighted by molar-refractivity contribution is -0.139. The van der Waals surface area contributed by atoms with Gasteiger partial charge in [-0.3, -0.25) is 4.90 Å². The van der Waals surface area contributed by atoms with Crippen LogP contribution in [0.4, 0.5) is 4.79 Å². The summed E-state index contributed by atoms with van der Waals surface area (Å²) in [6.45, 7) is 7.91. The largest absolute Gasteiger partial charge is 0.480 e. The Balaban J connectivity index is 2.60. The summed E-state index contributed by atoms with van der Waals surface area (Å²) in [5, 5.41) is 11.5. The molecule has 2 N–H and O–H groups in total. The number of carbonyl (C=O) groups excluding carboxylic acids is 1. The monoisotopic (exact) mass is 257 g/mol. The number of urea groups is 1. The minimum Gasteiger partial charge on any atom is -0.480 e. The van der Waals surface area contributed by atoms with Crippen LogP contribution >= 0.6 is 0 Å². The molecule has 1 aliphatic heterocycles. The summed E-state index contributed by atoms with van der Waals surface area (Å²) in [5.74, 6) is -0.987. The molecule has 1 heterocycles. The van der Waals surface area contributed by atoms with E-state index in [0.717, 1.165) is 6.54 Å². The summed E-state index contributed by atoms with van der Waals surface area (Å²) in [4.78, 5) is 26.8. The van der Waals surface area contributed by atoms with E-state index in [4.69, 9.17) is 5.11 Å². The lowest BCUT2D eigenvalue weighted by atomic mass is 10.00. The molecule has 1 rings (SSSR count). The van der Waals surface area contributed by atoms with Crippen molar-refractivity contribution >= 4 is 12.0 Å². The van der Waals surface area contributed by atoms with Gasteiger partial charge < -0.3 is 15.3 Å². The number of hydrogen-bond acceptors (Lipinski definition) is 3. The van der Waals surface area contributed by atoms with Crippen LogP contribution in [0.25, 0.3) is 0 Å². The summed E-state index contributed by atoms with van der Waals surface area (Å²) in [5.41, 5.74) is -0.0828. The van der Waals surface area contributed by atoms with Gasteiger partial charge in [-0.25, -0.2) is 9.59 Å². The Morgan fingerprint density at radius 1 is 1.39 bits per heavy atom. The van der Waals surface area contributed by atoms with Crippen molar-refractivity contribution in [2.24, 2.45) is 0 Å². The van der Waals surface area contributed by atoms with Gasteiger partial charge in [-0.15, -0.1) is 0 Å². The molecular weight excluding hydrogens is 234 g/mol. The molecule has 104 valence electrons. The predicted molar refractivity (Wildman–Crippen MR) is 68.5 cm³/mol. The van der Waals surface area contributed by atoms with Crippen molar-refractivity contribution in [1.29, 1.82) is 0 Å². The molecular formula is C12H23N3O3. The number of amides is 2. The van der Waals surface area contributed by atoms with Gasteiger partial charge in [0.15, 0.2) is 0 Å². The lowest BCUT2D eigenvalue weighted by Crippen LogP contribution is -2.61. The molecule has 6 nitrogen and oxygen atoms in total. The second-order valence-corrected chi connectivity index (χ2v) is 5.40. The van der Waals surface area contributed by atoms with Gasteiger partial charge in [0.05, 0.1) is 0 Å². The second kappa shape index (κ2) is 5.56. The number of rotatable bonds is 3. The molecule has 0 aliphatic carbocycles. The van der Waals surface area contributed by atoms with Crippen molar-refractivity contribution < 1.29 is 14.7 Å². The molecule has 0 radical (unpaired) electrons. The molecule has 0 saturated carbocycles. The van der Waals surface area contributed by atoms with Crippen molar-refractivity contribution in [1.82, 2.24) is 15.1 Å². The fourth-order valence-corrected chi connectivity index (χ4v) is 1.99. The smallest absolute Gasteiger partial charge is 0.326 e. The highest BCUT2D eigenvalue weighted by Crippen LogP contribution is 2.18. The molecule has 1 atom stereocenters. The summed E-state index contributed by atoms with van der Waals surface area (Å²) in [6, 6.07) is -1.09. The Hall–Kier alpha value is -1.30. The minimum atomic E-state index is -0.987. The maximum absolute atomic E-state index is 12.0. The minimum absolute atomic E-state index is 0.0828. The van der Waals surface area contributed by atoms with Gasteiger partial charge in [-0.05, 0) is 27.3 Å². The molecule has 1 fully saturated rings. The molecule has 18 heavy (non-hydrogen) atoms. The fraction of sp³-hybridized carbons (Fsp3) is 0.833. The van der Waals surface area contributed by atoms with E-state index in [1.807, 2.05) is 7.05 Å². The van der Waals surface area contributed by atoms with Crippen LogP contribution in [0.15, 0.2) is 0 Å². The second-order valence-electron chi connectivity index (χ2n) is 5.40. The molecule has 1 unspecified atom stereocenters. The van der Waals surface area contributed by atoms with Gasteiger partial charge in [-0.1, -0.05) is 6.92 Å². The van der Waals surface area contributed by atoms with Crippen LogP contribution in [0.1, 0.15) is 27.2 Å². The molecule has 0 bridgehead atoms. The number of likely N-dealkylation sites (N-methyl/N-ethyl adjacent to an activating group) is 1. The first-order valence-electron chi connectivity index (χ1n) is 6.27. The van der Waals surface area contributed by atoms with Gasteiger partial charge in [0.2, 0.25) is 0 Å². The third kappa shape index (κ3) is 3.35. The topological polar surface area (TPSA) is 72.9 Å². The summed E-state index contributed by atoms with van der Waals surface area (Å²) in [6.07, 6.45) is 0.387. The van der Waals surface area contributed by atoms with Gasteiger partial charge >= 0.3 is 12.0 Å². The zero-order valence-electron chi connectivity index (χ0n) is 11.6. The summed E-state index contributed by atoms with van der Waals surface area (Å²) >= 11 is 0. The van der Waals surface area contributed by atoms with E-state index in [1.54, 1.807) is 11.8 Å². The lowest BCUT2D eigenvalue weighted by Gasteiger charge is -2.45. The highest BCUT2D eigenvalue weighted by molar-refractivity contribution is 5.82. The number of aliphatic carboxylic acids is 1. The summed E-state index contributed by atoms with van der Waals surface area (Å²) in [7, 11) is 2.03. The van der Waals surface area contributed by atoms with E-state index in [2.05, 4.69) is 24.1 Å². The third-order valence-electron chi connectivity index (χ3n) is 3.61. The first kappa shape index (κ1) is 14.8. The number of piperazine rings is 1. The SMILES string of the molecule is CCC(NC(=O)N1CCN(C)C(C)(C)C1)C(=O)O. The quantitative estimate of drug-likeness (QED) is 0.776. The number of hydrogen-bond donors (Lipinski definition) is 2. The molecule has 2 amide bonds. The molecule has 1 aliphatic rings. The zero-order valence-corrected chi connectivity index (χ0v) is 11.6. The van der Waals surface area contributed by atoms with Crippen LogP contribution < -0.4 is 5.32 Å². The van der Waals surface area contributed by atoms with Gasteiger partial charge in [0, 0.05) is 25.2 Å². The van der Waals surface area contributed by atoms with Gasteiger partial charge in [-0.2, -0.15) is 0 Å². The highest BCUT2D eigenvalue weighted by atomic mass is 16.4. The van der Waals surface area contributed by atoms with E-state index >= 15 is 0 Å². The molecule has 0 aromatic carbocycles. The van der Waals surface area contributed by atoms with Crippen LogP contribution in [-0.4, -0.2) is 65.2 Å². The van der Waals surface area contributed by atoms with Crippen molar-refractivity contribution in [3.63, 3.8) is 0 Å². The molecule has 0 aromatic heterocycles. The normalized spacial score (nSPS) is 21.4. The number of carboxylic acid groups (broad SMARTS) is 1. The number of nitrogens with zero attached hydrogens (tertiary/aromatic N) is 2.